The molecule has 0 aromatic carbocycles. The quantitative estimate of drug-likeness (QED) is 0.636. The molecule has 0 bridgehead atoms. The van der Waals surface area contributed by atoms with Crippen LogP contribution in [0.25, 0.3) is 0 Å². The Morgan fingerprint density at radius 1 is 1.36 bits per heavy atom. The fourth-order valence-corrected chi connectivity index (χ4v) is 2.14. The normalized spacial score (nSPS) is 33.1. The van der Waals surface area contributed by atoms with Gasteiger partial charge in [0.25, 0.3) is 0 Å². The minimum absolute atomic E-state index is 0.308. The molecule has 0 saturated carbocycles. The topological polar surface area (TPSA) is 18.5 Å². The molecular weight excluding hydrogens is 175 g/mol. The molecule has 1 saturated heterocycles. The minimum Gasteiger partial charge on any atom is -0.381 e. The molecule has 0 unspecified atom stereocenters. The Bertz CT molecular complexity index is 171. The van der Waals surface area contributed by atoms with Gasteiger partial charge in [0.1, 0.15) is 7.85 Å². The van der Waals surface area contributed by atoms with E-state index in [1.54, 1.807) is 0 Å². The molecule has 0 radical (unpaired) electrons. The van der Waals surface area contributed by atoms with Gasteiger partial charge in [0.05, 0.1) is 18.8 Å². The van der Waals surface area contributed by atoms with Gasteiger partial charge in [-0.15, -0.1) is 0 Å². The van der Waals surface area contributed by atoms with Crippen molar-refractivity contribution in [2.45, 2.75) is 52.3 Å². The second-order valence-electron chi connectivity index (χ2n) is 5.01. The largest absolute Gasteiger partial charge is 0.381 e. The molecule has 3 heteroatoms. The average molecular weight is 198 g/mol. The zero-order chi connectivity index (χ0) is 10.7. The van der Waals surface area contributed by atoms with Gasteiger partial charge in [0.2, 0.25) is 0 Å². The molecule has 1 aliphatic rings. The van der Waals surface area contributed by atoms with Crippen molar-refractivity contribution in [3.63, 3.8) is 0 Å². The second kappa shape index (κ2) is 5.17. The van der Waals surface area contributed by atoms with Crippen molar-refractivity contribution in [3.8, 4) is 0 Å². The van der Waals surface area contributed by atoms with Crippen LogP contribution in [0.15, 0.2) is 0 Å². The highest BCUT2D eigenvalue weighted by Gasteiger charge is 2.34. The van der Waals surface area contributed by atoms with E-state index < -0.39 is 0 Å². The van der Waals surface area contributed by atoms with Crippen LogP contribution in [0.2, 0.25) is 0 Å². The van der Waals surface area contributed by atoms with Gasteiger partial charge in [0.15, 0.2) is 0 Å². The van der Waals surface area contributed by atoms with Gasteiger partial charge in [-0.1, -0.05) is 13.8 Å². The van der Waals surface area contributed by atoms with Crippen LogP contribution in [0.1, 0.15) is 34.1 Å². The smallest absolute Gasteiger partial charge is 0.139 e. The molecule has 1 fully saturated rings. The molecule has 14 heavy (non-hydrogen) atoms. The van der Waals surface area contributed by atoms with Crippen LogP contribution in [0.5, 0.6) is 0 Å². The van der Waals surface area contributed by atoms with Crippen molar-refractivity contribution in [3.05, 3.63) is 0 Å². The Morgan fingerprint density at radius 2 is 2.00 bits per heavy atom. The molecule has 0 N–H and O–H groups in total. The summed E-state index contributed by atoms with van der Waals surface area (Å²) in [7, 11) is 2.16. The third-order valence-corrected chi connectivity index (χ3v) is 2.94. The van der Waals surface area contributed by atoms with Crippen molar-refractivity contribution in [1.82, 2.24) is 0 Å². The van der Waals surface area contributed by atoms with Crippen LogP contribution in [0.4, 0.5) is 0 Å². The Balaban J connectivity index is 2.41. The van der Waals surface area contributed by atoms with Crippen molar-refractivity contribution < 1.29 is 9.47 Å². The molecule has 0 amide bonds. The number of rotatable bonds is 4. The van der Waals surface area contributed by atoms with Gasteiger partial charge in [-0.25, -0.2) is 0 Å². The lowest BCUT2D eigenvalue weighted by Gasteiger charge is -2.22. The molecule has 1 aliphatic heterocycles. The van der Waals surface area contributed by atoms with E-state index in [0.29, 0.717) is 30.0 Å². The van der Waals surface area contributed by atoms with E-state index in [4.69, 9.17) is 9.47 Å². The highest BCUT2D eigenvalue weighted by molar-refractivity contribution is 6.11. The van der Waals surface area contributed by atoms with E-state index >= 15 is 0 Å². The average Bonchev–Trinajstić information content (AvgIpc) is 2.43. The van der Waals surface area contributed by atoms with E-state index in [0.717, 1.165) is 6.61 Å². The van der Waals surface area contributed by atoms with Gasteiger partial charge in [-0.05, 0) is 32.1 Å². The van der Waals surface area contributed by atoms with Crippen LogP contribution in [0.3, 0.4) is 0 Å². The monoisotopic (exact) mass is 198 g/mol. The highest BCUT2D eigenvalue weighted by Crippen LogP contribution is 2.31. The fourth-order valence-electron chi connectivity index (χ4n) is 2.14. The fraction of sp³-hybridized carbons (Fsp3) is 1.00. The summed E-state index contributed by atoms with van der Waals surface area (Å²) in [4.78, 5) is 0. The minimum atomic E-state index is 0.308. The first-order valence-electron chi connectivity index (χ1n) is 5.77. The van der Waals surface area contributed by atoms with E-state index in [1.807, 2.05) is 0 Å². The molecule has 1 rings (SSSR count). The SMILES string of the molecule is B[C@H]1C[C@@H](C(C)C)[C@@H](COC(C)C)O1. The van der Waals surface area contributed by atoms with E-state index in [2.05, 4.69) is 35.5 Å². The maximum Gasteiger partial charge on any atom is 0.139 e. The second-order valence-corrected chi connectivity index (χ2v) is 5.01. The lowest BCUT2D eigenvalue weighted by Crippen LogP contribution is -2.27. The predicted octanol–water partition coefficient (Wildman–Crippen LogP) is 1.43. The lowest BCUT2D eigenvalue weighted by atomic mass is 9.84. The first-order valence-corrected chi connectivity index (χ1v) is 5.77. The van der Waals surface area contributed by atoms with Gasteiger partial charge < -0.3 is 9.47 Å². The van der Waals surface area contributed by atoms with Crippen LogP contribution in [-0.2, 0) is 9.47 Å². The van der Waals surface area contributed by atoms with Crippen LogP contribution >= 0.6 is 0 Å². The summed E-state index contributed by atoms with van der Waals surface area (Å²) < 4.78 is 11.5. The summed E-state index contributed by atoms with van der Waals surface area (Å²) in [6, 6.07) is 0.406. The first kappa shape index (κ1) is 12.1. The van der Waals surface area contributed by atoms with Crippen LogP contribution in [0, 0.1) is 11.8 Å². The van der Waals surface area contributed by atoms with Crippen molar-refractivity contribution in [2.75, 3.05) is 6.61 Å². The van der Waals surface area contributed by atoms with E-state index in [1.165, 1.54) is 6.42 Å². The van der Waals surface area contributed by atoms with E-state index in [9.17, 15) is 0 Å². The standard InChI is InChI=1S/C11H23BO2/c1-7(2)9-5-11(12)14-10(9)6-13-8(3)4/h7-11H,5-6,12H2,1-4H3/t9-,10+,11+/m0/s1. The highest BCUT2D eigenvalue weighted by atomic mass is 16.5. The Kier molecular flexibility index (Phi) is 4.46. The summed E-state index contributed by atoms with van der Waals surface area (Å²) in [6.07, 6.45) is 1.80. The molecule has 0 aromatic rings. The molecule has 2 nitrogen and oxygen atoms in total. The first-order chi connectivity index (χ1) is 6.50. The third-order valence-electron chi connectivity index (χ3n) is 2.94. The molecule has 0 aliphatic carbocycles. The molecular formula is C11H23BO2. The summed E-state index contributed by atoms with van der Waals surface area (Å²) >= 11 is 0. The number of hydrogen-bond acceptors (Lipinski definition) is 2. The molecule has 82 valence electrons. The van der Waals surface area contributed by atoms with Crippen molar-refractivity contribution >= 4 is 7.85 Å². The number of ether oxygens (including phenoxy) is 2. The lowest BCUT2D eigenvalue weighted by molar-refractivity contribution is -0.0329. The summed E-state index contributed by atoms with van der Waals surface area (Å²) in [5, 5.41) is 0. The third kappa shape index (κ3) is 3.28. The summed E-state index contributed by atoms with van der Waals surface area (Å²) in [6.45, 7) is 9.44. The van der Waals surface area contributed by atoms with Crippen molar-refractivity contribution in [1.29, 1.82) is 0 Å². The van der Waals surface area contributed by atoms with Crippen LogP contribution < -0.4 is 0 Å². The zero-order valence-electron chi connectivity index (χ0n) is 10.1. The zero-order valence-corrected chi connectivity index (χ0v) is 10.1. The molecule has 0 spiro atoms. The summed E-state index contributed by atoms with van der Waals surface area (Å²) in [5.41, 5.74) is 0. The number of hydrogen-bond donors (Lipinski definition) is 0. The van der Waals surface area contributed by atoms with Gasteiger partial charge in [-0.2, -0.15) is 0 Å². The molecule has 1 heterocycles. The Hall–Kier alpha value is -0.0151. The predicted molar refractivity (Wildman–Crippen MR) is 61.2 cm³/mol. The van der Waals surface area contributed by atoms with E-state index in [-0.39, 0.29) is 0 Å². The van der Waals surface area contributed by atoms with Gasteiger partial charge in [0, 0.05) is 6.00 Å². The molecule has 3 atom stereocenters. The Labute approximate surface area is 88.8 Å². The van der Waals surface area contributed by atoms with Crippen molar-refractivity contribution in [2.24, 2.45) is 11.8 Å². The van der Waals surface area contributed by atoms with Gasteiger partial charge in [-0.3, -0.25) is 0 Å². The summed E-state index contributed by atoms with van der Waals surface area (Å²) in [5.74, 6) is 1.37. The van der Waals surface area contributed by atoms with Gasteiger partial charge >= 0.3 is 0 Å². The van der Waals surface area contributed by atoms with Crippen LogP contribution in [-0.4, -0.2) is 32.7 Å². The maximum absolute atomic E-state index is 5.86. The maximum atomic E-state index is 5.86. The molecule has 0 aromatic heterocycles. The Morgan fingerprint density at radius 3 is 2.50 bits per heavy atom.